The fraction of sp³-hybridized carbons (Fsp3) is 0.207. The standard InChI is InChI=1S/C29H28N2O6/c1-3-16-36-28(33)30-20-14-12-19(13-15-20)17-26(27(32)35-2)31-29(34)37-18-25-23-10-6-4-8-21(23)22-9-5-7-11-24(22)25/h3-15,25-26H,1,16-18H2,2H3,(H,30,33)(H,31,34)/t26-/m0/s1. The fourth-order valence-electron chi connectivity index (χ4n) is 4.37. The number of methoxy groups -OCH3 is 1. The number of rotatable bonds is 9. The van der Waals surface area contributed by atoms with E-state index in [1.807, 2.05) is 36.4 Å². The number of hydrogen-bond acceptors (Lipinski definition) is 6. The van der Waals surface area contributed by atoms with E-state index in [2.05, 4.69) is 29.3 Å². The van der Waals surface area contributed by atoms with E-state index < -0.39 is 24.2 Å². The summed E-state index contributed by atoms with van der Waals surface area (Å²) < 4.78 is 15.3. The number of fused-ring (bicyclic) bond motifs is 3. The first kappa shape index (κ1) is 25.5. The third kappa shape index (κ3) is 6.16. The molecule has 0 spiro atoms. The molecule has 0 heterocycles. The third-order valence-corrected chi connectivity index (χ3v) is 6.09. The van der Waals surface area contributed by atoms with E-state index in [1.54, 1.807) is 24.3 Å². The molecular weight excluding hydrogens is 472 g/mol. The lowest BCUT2D eigenvalue weighted by atomic mass is 9.98. The van der Waals surface area contributed by atoms with Crippen LogP contribution in [0.4, 0.5) is 15.3 Å². The van der Waals surface area contributed by atoms with Crippen LogP contribution < -0.4 is 10.6 Å². The maximum atomic E-state index is 12.7. The summed E-state index contributed by atoms with van der Waals surface area (Å²) in [6.45, 7) is 3.73. The molecule has 0 aliphatic heterocycles. The van der Waals surface area contributed by atoms with Gasteiger partial charge in [-0.2, -0.15) is 0 Å². The van der Waals surface area contributed by atoms with Crippen molar-refractivity contribution < 1.29 is 28.6 Å². The molecule has 1 atom stereocenters. The van der Waals surface area contributed by atoms with Gasteiger partial charge in [-0.15, -0.1) is 0 Å². The smallest absolute Gasteiger partial charge is 0.411 e. The summed E-state index contributed by atoms with van der Waals surface area (Å²) in [6, 6.07) is 22.0. The first-order valence-electron chi connectivity index (χ1n) is 11.8. The van der Waals surface area contributed by atoms with Crippen LogP contribution in [0.5, 0.6) is 0 Å². The number of ether oxygens (including phenoxy) is 3. The highest BCUT2D eigenvalue weighted by Crippen LogP contribution is 2.44. The molecule has 0 saturated heterocycles. The highest BCUT2D eigenvalue weighted by molar-refractivity contribution is 5.85. The summed E-state index contributed by atoms with van der Waals surface area (Å²) in [6.07, 6.45) is 0.342. The predicted octanol–water partition coefficient (Wildman–Crippen LogP) is 5.04. The van der Waals surface area contributed by atoms with Gasteiger partial charge in [0.05, 0.1) is 7.11 Å². The van der Waals surface area contributed by atoms with Gasteiger partial charge in [-0.3, -0.25) is 5.32 Å². The molecule has 8 heteroatoms. The second-order valence-electron chi connectivity index (χ2n) is 8.46. The van der Waals surface area contributed by atoms with E-state index in [0.717, 1.165) is 27.8 Å². The molecule has 1 aliphatic carbocycles. The van der Waals surface area contributed by atoms with Gasteiger partial charge in [0, 0.05) is 18.0 Å². The van der Waals surface area contributed by atoms with Crippen LogP contribution in [0, 0.1) is 0 Å². The fourth-order valence-corrected chi connectivity index (χ4v) is 4.37. The van der Waals surface area contributed by atoms with Crippen LogP contribution in [-0.2, 0) is 25.4 Å². The molecule has 4 rings (SSSR count). The Morgan fingerprint density at radius 3 is 2.11 bits per heavy atom. The molecule has 1 aliphatic rings. The van der Waals surface area contributed by atoms with E-state index in [9.17, 15) is 14.4 Å². The average molecular weight is 501 g/mol. The molecule has 37 heavy (non-hydrogen) atoms. The van der Waals surface area contributed by atoms with Crippen molar-refractivity contribution in [3.8, 4) is 11.1 Å². The van der Waals surface area contributed by atoms with Crippen LogP contribution in [0.1, 0.15) is 22.6 Å². The molecule has 190 valence electrons. The highest BCUT2D eigenvalue weighted by atomic mass is 16.6. The summed E-state index contributed by atoms with van der Waals surface area (Å²) in [5.74, 6) is -0.684. The lowest BCUT2D eigenvalue weighted by Crippen LogP contribution is -2.43. The van der Waals surface area contributed by atoms with Crippen molar-refractivity contribution >= 4 is 23.8 Å². The number of hydrogen-bond donors (Lipinski definition) is 2. The lowest BCUT2D eigenvalue weighted by Gasteiger charge is -2.19. The molecule has 2 N–H and O–H groups in total. The Labute approximate surface area is 215 Å². The van der Waals surface area contributed by atoms with Crippen LogP contribution in [-0.4, -0.2) is 44.5 Å². The Morgan fingerprint density at radius 1 is 0.892 bits per heavy atom. The quantitative estimate of drug-likeness (QED) is 0.242. The zero-order chi connectivity index (χ0) is 26.2. The van der Waals surface area contributed by atoms with Gasteiger partial charge in [0.2, 0.25) is 0 Å². The van der Waals surface area contributed by atoms with E-state index in [4.69, 9.17) is 14.2 Å². The molecule has 8 nitrogen and oxygen atoms in total. The van der Waals surface area contributed by atoms with Gasteiger partial charge in [-0.25, -0.2) is 14.4 Å². The van der Waals surface area contributed by atoms with Gasteiger partial charge >= 0.3 is 18.2 Å². The van der Waals surface area contributed by atoms with Crippen LogP contribution in [0.15, 0.2) is 85.5 Å². The minimum atomic E-state index is -0.947. The van der Waals surface area contributed by atoms with Crippen molar-refractivity contribution in [2.75, 3.05) is 25.6 Å². The SMILES string of the molecule is C=CCOC(=O)Nc1ccc(C[C@H](NC(=O)OCC2c3ccccc3-c3ccccc32)C(=O)OC)cc1. The van der Waals surface area contributed by atoms with Gasteiger partial charge < -0.3 is 19.5 Å². The Morgan fingerprint density at radius 2 is 1.51 bits per heavy atom. The van der Waals surface area contributed by atoms with Crippen molar-refractivity contribution in [1.29, 1.82) is 0 Å². The van der Waals surface area contributed by atoms with Crippen LogP contribution in [0.3, 0.4) is 0 Å². The summed E-state index contributed by atoms with van der Waals surface area (Å²) in [5.41, 5.74) is 5.74. The van der Waals surface area contributed by atoms with Crippen molar-refractivity contribution in [2.24, 2.45) is 0 Å². The molecule has 3 aromatic rings. The number of nitrogens with one attached hydrogen (secondary N) is 2. The molecule has 0 fully saturated rings. The number of carbonyl (C=O) groups is 3. The van der Waals surface area contributed by atoms with E-state index in [-0.39, 0.29) is 25.6 Å². The van der Waals surface area contributed by atoms with Gasteiger partial charge in [0.15, 0.2) is 0 Å². The molecule has 0 saturated carbocycles. The number of anilines is 1. The Bertz CT molecular complexity index is 1240. The minimum Gasteiger partial charge on any atom is -0.467 e. The van der Waals surface area contributed by atoms with Crippen molar-refractivity contribution in [3.63, 3.8) is 0 Å². The van der Waals surface area contributed by atoms with Gasteiger partial charge in [0.1, 0.15) is 19.3 Å². The van der Waals surface area contributed by atoms with Crippen LogP contribution in [0.2, 0.25) is 0 Å². The molecule has 3 aromatic carbocycles. The summed E-state index contributed by atoms with van der Waals surface area (Å²) in [4.78, 5) is 36.7. The van der Waals surface area contributed by atoms with Crippen molar-refractivity contribution in [3.05, 3.63) is 102 Å². The monoisotopic (exact) mass is 500 g/mol. The summed E-state index contributed by atoms with van der Waals surface area (Å²) >= 11 is 0. The summed E-state index contributed by atoms with van der Waals surface area (Å²) in [5, 5.41) is 5.21. The van der Waals surface area contributed by atoms with E-state index >= 15 is 0 Å². The Hall–Kier alpha value is -4.59. The second kappa shape index (κ2) is 11.9. The molecule has 0 unspecified atom stereocenters. The number of amides is 2. The van der Waals surface area contributed by atoms with Crippen LogP contribution >= 0.6 is 0 Å². The van der Waals surface area contributed by atoms with Gasteiger partial charge in [0.25, 0.3) is 0 Å². The normalized spacial score (nSPS) is 12.5. The predicted molar refractivity (Wildman–Crippen MR) is 139 cm³/mol. The lowest BCUT2D eigenvalue weighted by molar-refractivity contribution is -0.143. The first-order chi connectivity index (χ1) is 18.0. The molecule has 2 amide bonds. The van der Waals surface area contributed by atoms with Gasteiger partial charge in [-0.05, 0) is 39.9 Å². The zero-order valence-electron chi connectivity index (χ0n) is 20.4. The average Bonchev–Trinajstić information content (AvgIpc) is 3.24. The molecule has 0 aromatic heterocycles. The largest absolute Gasteiger partial charge is 0.467 e. The van der Waals surface area contributed by atoms with E-state index in [1.165, 1.54) is 13.2 Å². The topological polar surface area (TPSA) is 103 Å². The maximum absolute atomic E-state index is 12.7. The number of esters is 1. The molecular formula is C29H28N2O6. The number of carbonyl (C=O) groups excluding carboxylic acids is 3. The number of alkyl carbamates (subject to hydrolysis) is 1. The van der Waals surface area contributed by atoms with E-state index in [0.29, 0.717) is 5.69 Å². The summed E-state index contributed by atoms with van der Waals surface area (Å²) in [7, 11) is 1.26. The minimum absolute atomic E-state index is 0.0899. The van der Waals surface area contributed by atoms with Crippen molar-refractivity contribution in [1.82, 2.24) is 5.32 Å². The first-order valence-corrected chi connectivity index (χ1v) is 11.8. The molecule has 0 radical (unpaired) electrons. The third-order valence-electron chi connectivity index (χ3n) is 6.09. The Kier molecular flexibility index (Phi) is 8.20. The highest BCUT2D eigenvalue weighted by Gasteiger charge is 2.30. The van der Waals surface area contributed by atoms with Gasteiger partial charge in [-0.1, -0.05) is 73.3 Å². The van der Waals surface area contributed by atoms with Crippen molar-refractivity contribution in [2.45, 2.75) is 18.4 Å². The molecule has 0 bridgehead atoms. The zero-order valence-corrected chi connectivity index (χ0v) is 20.4. The maximum Gasteiger partial charge on any atom is 0.411 e. The second-order valence-corrected chi connectivity index (χ2v) is 8.46. The Balaban J connectivity index is 1.37. The number of benzene rings is 3. The van der Waals surface area contributed by atoms with Crippen LogP contribution in [0.25, 0.3) is 11.1 Å².